The monoisotopic (exact) mass is 1720 g/mol. The highest BCUT2D eigenvalue weighted by atomic mass is 35.5. The fourth-order valence-electron chi connectivity index (χ4n) is 15.1. The number of rotatable bonds is 21. The summed E-state index contributed by atoms with van der Waals surface area (Å²) in [5, 5.41) is 13.8. The molecule has 8 aliphatic heterocycles. The molecule has 666 valence electrons. The van der Waals surface area contributed by atoms with Crippen molar-refractivity contribution in [2.75, 3.05) is 151 Å². The summed E-state index contributed by atoms with van der Waals surface area (Å²) in [7, 11) is 14.0. The van der Waals surface area contributed by atoms with Crippen molar-refractivity contribution in [3.63, 3.8) is 0 Å². The second-order valence-electron chi connectivity index (χ2n) is 35.6. The third-order valence-corrected chi connectivity index (χ3v) is 23.6. The predicted molar refractivity (Wildman–Crippen MR) is 475 cm³/mol. The first-order valence-electron chi connectivity index (χ1n) is 44.6. The second kappa shape index (κ2) is 47.9. The summed E-state index contributed by atoms with van der Waals surface area (Å²) in [6.07, 6.45) is 41.0. The number of hydrogen-bond donors (Lipinski definition) is 1. The van der Waals surface area contributed by atoms with Crippen LogP contribution < -0.4 is 48.6 Å². The molecule has 1 aromatic carbocycles. The number of piperidine rings is 8. The van der Waals surface area contributed by atoms with Crippen LogP contribution >= 0.6 is 12.4 Å². The second-order valence-corrected chi connectivity index (χ2v) is 35.6. The van der Waals surface area contributed by atoms with Crippen LogP contribution in [0.4, 0.5) is 48.1 Å². The Morgan fingerprint density at radius 2 is 0.699 bits per heavy atom. The van der Waals surface area contributed by atoms with Crippen molar-refractivity contribution in [1.29, 1.82) is 0 Å². The highest BCUT2D eigenvalue weighted by molar-refractivity contribution is 7.49. The molecule has 3 saturated carbocycles. The van der Waals surface area contributed by atoms with E-state index in [0.29, 0.717) is 80.1 Å². The molecule has 0 bridgehead atoms. The Morgan fingerprint density at radius 3 is 0.959 bits per heavy atom. The summed E-state index contributed by atoms with van der Waals surface area (Å²) < 4.78 is 49.7. The van der Waals surface area contributed by atoms with Gasteiger partial charge >= 0.3 is 24.4 Å². The number of nitro groups is 1. The van der Waals surface area contributed by atoms with Crippen LogP contribution in [0.2, 0.25) is 0 Å². The van der Waals surface area contributed by atoms with E-state index in [2.05, 4.69) is 88.0 Å². The molecule has 37 heteroatoms. The molecule has 3 amide bonds. The molecule has 4 aromatic heterocycles. The first-order valence-corrected chi connectivity index (χ1v) is 44.6. The number of hydrogen-bond acceptors (Lipinski definition) is 28. The van der Waals surface area contributed by atoms with Gasteiger partial charge in [0.15, 0.2) is 0 Å². The van der Waals surface area contributed by atoms with Gasteiger partial charge < -0.3 is 82.2 Å². The summed E-state index contributed by atoms with van der Waals surface area (Å²) in [6, 6.07) is 5.24. The standard InChI is InChI=1S/2C20H30N4O3.C20H32N4O3.C15H24N4O.C11H11NO5.B4.ClH/c2*1-20(7-8-20)27-19(25)24-11-5-16(6-12-24)15-26-18-14-21-17(13-22-18)23-9-3-2-4-10-23;1-20(2,3)27-19(25)24-11-7-16(8-12-24)15-26-18-14-21-17(13-22-18)23-9-5-4-6-10-23;1-2-8-19(9-3-1)14-10-18-15(11-17-14)20-12-13-4-6-16-7-5-13;1-11(6-7-11)17-10(13)16-9-4-2-8(3-5-9)12(14)15;1-4(2)3;/h2*13-14,16H,2-12,15H2,1H3;13-14,16H,4-12,15H2,1-3H3;10-11,13,16H,1-9,12H2;2-5H,6-7H2,1H3;;1H. The van der Waals surface area contributed by atoms with Crippen LogP contribution in [0, 0.1) is 33.8 Å². The molecule has 6 radical (unpaired) electrons. The maximum atomic E-state index is 12.2. The molecule has 8 saturated heterocycles. The highest BCUT2D eigenvalue weighted by Crippen LogP contribution is 2.42. The third kappa shape index (κ3) is 34.1. The highest BCUT2D eigenvalue weighted by Gasteiger charge is 2.45. The fraction of sp³-hybridized carbons (Fsp3) is 0.698. The number of aromatic nitrogens is 8. The lowest BCUT2D eigenvalue weighted by atomic mass is 9.08. The van der Waals surface area contributed by atoms with E-state index in [4.69, 9.17) is 42.6 Å². The van der Waals surface area contributed by atoms with Gasteiger partial charge in [-0.2, -0.15) is 0 Å². The van der Waals surface area contributed by atoms with Gasteiger partial charge in [0.25, 0.3) is 5.69 Å². The Kier molecular flexibility index (Phi) is 37.4. The van der Waals surface area contributed by atoms with Crippen molar-refractivity contribution in [2.45, 2.75) is 231 Å². The first kappa shape index (κ1) is 96.1. The average Bonchev–Trinajstić information content (AvgIpc) is 1.66. The number of amides is 3. The zero-order valence-corrected chi connectivity index (χ0v) is 74.1. The van der Waals surface area contributed by atoms with E-state index in [1.807, 2.05) is 76.1 Å². The molecule has 0 unspecified atom stereocenters. The van der Waals surface area contributed by atoms with E-state index in [1.165, 1.54) is 114 Å². The van der Waals surface area contributed by atoms with Crippen LogP contribution in [-0.4, -0.2) is 267 Å². The minimum Gasteiger partial charge on any atom is -0.476 e. The van der Waals surface area contributed by atoms with E-state index in [9.17, 15) is 29.3 Å². The van der Waals surface area contributed by atoms with Gasteiger partial charge in [0.05, 0.1) is 80.9 Å². The molecule has 12 heterocycles. The smallest absolute Gasteiger partial charge is 0.476 e. The summed E-state index contributed by atoms with van der Waals surface area (Å²) in [5.74, 6) is 8.39. The normalized spacial score (nSPS) is 19.8. The number of nitrogens with zero attached hydrogens (tertiary/aromatic N) is 16. The summed E-state index contributed by atoms with van der Waals surface area (Å²) >= 11 is 0. The molecule has 123 heavy (non-hydrogen) atoms. The van der Waals surface area contributed by atoms with Gasteiger partial charge in [0.2, 0.25) is 23.5 Å². The summed E-state index contributed by atoms with van der Waals surface area (Å²) in [6.45, 7) is 29.3. The van der Waals surface area contributed by atoms with Gasteiger partial charge in [0.1, 0.15) is 51.4 Å². The largest absolute Gasteiger partial charge is 0.514 e. The molecule has 16 rings (SSSR count). The van der Waals surface area contributed by atoms with Crippen LogP contribution in [0.15, 0.2) is 73.8 Å². The fourth-order valence-corrected chi connectivity index (χ4v) is 15.1. The number of benzene rings is 1. The van der Waals surface area contributed by atoms with Crippen molar-refractivity contribution in [3.8, 4) is 29.3 Å². The van der Waals surface area contributed by atoms with Gasteiger partial charge in [0, 0.05) is 133 Å². The molecule has 0 spiro atoms. The molecule has 11 fully saturated rings. The molecular weight excluding hydrogens is 1590 g/mol. The number of nitro benzene ring substituents is 1. The molecular formula is C86H128B4ClN17O15. The topological polar surface area (TPSA) is 332 Å². The minimum atomic E-state index is -0.779. The van der Waals surface area contributed by atoms with E-state index >= 15 is 0 Å². The number of halogens is 1. The lowest BCUT2D eigenvalue weighted by molar-refractivity contribution is -0.384. The summed E-state index contributed by atoms with van der Waals surface area (Å²) in [4.78, 5) is 108. The van der Waals surface area contributed by atoms with Crippen molar-refractivity contribution >= 4 is 95.4 Å². The lowest BCUT2D eigenvalue weighted by Gasteiger charge is -2.33. The number of carbonyl (C=O) groups is 4. The number of nitrogens with one attached hydrogen (secondary N) is 1. The van der Waals surface area contributed by atoms with Gasteiger partial charge in [-0.3, -0.25) is 10.1 Å². The number of non-ortho nitro benzene ring substituents is 1. The zero-order chi connectivity index (χ0) is 86.3. The molecule has 3 aliphatic carbocycles. The van der Waals surface area contributed by atoms with Gasteiger partial charge in [-0.05, 0) is 257 Å². The zero-order valence-electron chi connectivity index (χ0n) is 73.3. The SMILES string of the molecule is CC(C)(C)OC(=O)N1CCC(COc2cnc(N3CCCCC3)cn2)CC1.CC1(OC(=O)N2CCC(COc3cnc(N4CCCCC4)cn3)CC2)CC1.CC1(OC(=O)N2CCC(COc3cnc(N4CCCCC4)cn3)CC2)CC1.CC1(OC(=O)Oc2ccc([N+](=O)[O-])cc2)CC1.Cl.[B]B([B])[B].c1nc(N2CCCCC2)cnc1OCC1CCNCC1. The Bertz CT molecular complexity index is 3710. The van der Waals surface area contributed by atoms with E-state index in [1.54, 1.807) is 29.7 Å². The minimum absolute atomic E-state index is 0. The van der Waals surface area contributed by atoms with Crippen molar-refractivity contribution in [3.05, 3.63) is 84.0 Å². The first-order chi connectivity index (χ1) is 58.8. The maximum Gasteiger partial charge on any atom is 0.514 e. The third-order valence-electron chi connectivity index (χ3n) is 23.6. The number of carbonyl (C=O) groups excluding carboxylic acids is 4. The maximum absolute atomic E-state index is 12.2. The van der Waals surface area contributed by atoms with Crippen LogP contribution in [0.5, 0.6) is 29.3 Å². The Labute approximate surface area is 736 Å². The van der Waals surface area contributed by atoms with Crippen molar-refractivity contribution < 1.29 is 66.7 Å². The van der Waals surface area contributed by atoms with E-state index in [-0.39, 0.29) is 53.3 Å². The van der Waals surface area contributed by atoms with Crippen molar-refractivity contribution in [2.24, 2.45) is 23.7 Å². The van der Waals surface area contributed by atoms with Crippen LogP contribution in [0.25, 0.3) is 0 Å². The van der Waals surface area contributed by atoms with Gasteiger partial charge in [-0.15, -0.1) is 12.4 Å². The van der Waals surface area contributed by atoms with E-state index in [0.717, 1.165) is 199 Å². The van der Waals surface area contributed by atoms with Crippen molar-refractivity contribution in [1.82, 2.24) is 59.9 Å². The number of anilines is 4. The molecule has 11 aliphatic rings. The van der Waals surface area contributed by atoms with Gasteiger partial charge in [-0.1, -0.05) is 0 Å². The Morgan fingerprint density at radius 1 is 0.423 bits per heavy atom. The van der Waals surface area contributed by atoms with Crippen LogP contribution in [-0.2, 0) is 18.9 Å². The quantitative estimate of drug-likeness (QED) is 0.0178. The summed E-state index contributed by atoms with van der Waals surface area (Å²) in [5.41, 5.74) is -1.29. The van der Waals surface area contributed by atoms with Crippen LogP contribution in [0.1, 0.15) is 208 Å². The average molecular weight is 1720 g/mol. The molecule has 0 atom stereocenters. The lowest BCUT2D eigenvalue weighted by Crippen LogP contribution is -2.42. The molecule has 32 nitrogen and oxygen atoms in total. The predicted octanol–water partition coefficient (Wildman–Crippen LogP) is 13.4. The van der Waals surface area contributed by atoms with Gasteiger partial charge in [-0.25, -0.2) is 59.0 Å². The van der Waals surface area contributed by atoms with E-state index < -0.39 is 28.7 Å². The number of ether oxygens (including phenoxy) is 9. The Balaban J connectivity index is 0.000000160. The number of likely N-dealkylation sites (tertiary alicyclic amines) is 3. The Hall–Kier alpha value is -9.07. The van der Waals surface area contributed by atoms with Crippen LogP contribution in [0.3, 0.4) is 0 Å². The molecule has 5 aromatic rings. The molecule has 1 N–H and O–H groups in total.